The van der Waals surface area contributed by atoms with Gasteiger partial charge in [-0.3, -0.25) is 9.59 Å². The predicted molar refractivity (Wildman–Crippen MR) is 71.5 cm³/mol. The summed E-state index contributed by atoms with van der Waals surface area (Å²) in [6, 6.07) is 8.85. The number of rotatable bonds is 4. The van der Waals surface area contributed by atoms with Crippen molar-refractivity contribution in [2.45, 2.75) is 6.92 Å². The topological polar surface area (TPSA) is 61.2 Å². The van der Waals surface area contributed by atoms with Gasteiger partial charge in [0.1, 0.15) is 5.75 Å². The van der Waals surface area contributed by atoms with Crippen molar-refractivity contribution < 1.29 is 9.53 Å². The number of hydrogen-bond acceptors (Lipinski definition) is 4. The molecule has 5 heteroatoms. The zero-order valence-corrected chi connectivity index (χ0v) is 10.8. The molecule has 0 amide bonds. The zero-order chi connectivity index (χ0) is 13.8. The van der Waals surface area contributed by atoms with Gasteiger partial charge in [0.15, 0.2) is 6.29 Å². The van der Waals surface area contributed by atoms with E-state index in [1.807, 2.05) is 31.2 Å². The number of aldehydes is 1. The molecular weight excluding hydrogens is 244 g/mol. The second-order valence-electron chi connectivity index (χ2n) is 3.99. The first-order valence-corrected chi connectivity index (χ1v) is 5.92. The van der Waals surface area contributed by atoms with Gasteiger partial charge in [-0.05, 0) is 25.1 Å². The molecule has 5 nitrogen and oxygen atoms in total. The lowest BCUT2D eigenvalue weighted by Gasteiger charge is -2.07. The van der Waals surface area contributed by atoms with E-state index in [9.17, 15) is 9.59 Å². The summed E-state index contributed by atoms with van der Waals surface area (Å²) >= 11 is 0. The number of carbonyl (C=O) groups excluding carboxylic acids is 1. The summed E-state index contributed by atoms with van der Waals surface area (Å²) in [7, 11) is 1.52. The van der Waals surface area contributed by atoms with Crippen molar-refractivity contribution in [1.82, 2.24) is 9.78 Å². The van der Waals surface area contributed by atoms with Crippen LogP contribution in [0.2, 0.25) is 0 Å². The van der Waals surface area contributed by atoms with E-state index in [1.165, 1.54) is 13.1 Å². The average Bonchev–Trinajstić information content (AvgIpc) is 2.42. The first-order valence-electron chi connectivity index (χ1n) is 5.92. The van der Waals surface area contributed by atoms with Crippen LogP contribution in [0.3, 0.4) is 0 Å². The van der Waals surface area contributed by atoms with Crippen molar-refractivity contribution in [2.24, 2.45) is 7.05 Å². The quantitative estimate of drug-likeness (QED) is 0.782. The van der Waals surface area contributed by atoms with Crippen molar-refractivity contribution in [3.63, 3.8) is 0 Å². The Morgan fingerprint density at radius 1 is 1.37 bits per heavy atom. The van der Waals surface area contributed by atoms with Crippen LogP contribution in [0.4, 0.5) is 0 Å². The largest absolute Gasteiger partial charge is 0.494 e. The summed E-state index contributed by atoms with van der Waals surface area (Å²) in [5, 5.41) is 4.14. The maximum absolute atomic E-state index is 11.6. The van der Waals surface area contributed by atoms with Crippen LogP contribution in [-0.4, -0.2) is 22.7 Å². The van der Waals surface area contributed by atoms with Gasteiger partial charge in [0.25, 0.3) is 5.56 Å². The molecular formula is C14H14N2O3. The van der Waals surface area contributed by atoms with Crippen LogP contribution in [0.5, 0.6) is 5.75 Å². The Kier molecular flexibility index (Phi) is 3.75. The molecule has 0 spiro atoms. The molecule has 0 aliphatic carbocycles. The van der Waals surface area contributed by atoms with E-state index >= 15 is 0 Å². The lowest BCUT2D eigenvalue weighted by molar-refractivity contribution is 0.112. The Hall–Kier alpha value is -2.43. The third kappa shape index (κ3) is 2.70. The monoisotopic (exact) mass is 258 g/mol. The minimum atomic E-state index is -0.403. The average molecular weight is 258 g/mol. The van der Waals surface area contributed by atoms with E-state index in [0.29, 0.717) is 18.6 Å². The molecule has 0 fully saturated rings. The van der Waals surface area contributed by atoms with Gasteiger partial charge in [-0.1, -0.05) is 12.1 Å². The molecule has 1 aromatic carbocycles. The van der Waals surface area contributed by atoms with Crippen molar-refractivity contribution >= 4 is 6.29 Å². The van der Waals surface area contributed by atoms with Crippen LogP contribution in [0.1, 0.15) is 17.3 Å². The Morgan fingerprint density at radius 3 is 2.84 bits per heavy atom. The third-order valence-electron chi connectivity index (χ3n) is 2.66. The van der Waals surface area contributed by atoms with Crippen LogP contribution >= 0.6 is 0 Å². The lowest BCUT2D eigenvalue weighted by Crippen LogP contribution is -2.23. The van der Waals surface area contributed by atoms with Gasteiger partial charge in [-0.2, -0.15) is 5.10 Å². The lowest BCUT2D eigenvalue weighted by atomic mass is 10.1. The molecule has 0 atom stereocenters. The smallest absolute Gasteiger partial charge is 0.277 e. The fourth-order valence-electron chi connectivity index (χ4n) is 1.77. The zero-order valence-electron chi connectivity index (χ0n) is 10.8. The summed E-state index contributed by atoms with van der Waals surface area (Å²) < 4.78 is 6.57. The van der Waals surface area contributed by atoms with Crippen LogP contribution in [-0.2, 0) is 7.05 Å². The molecule has 2 aromatic rings. The minimum Gasteiger partial charge on any atom is -0.494 e. The molecule has 2 rings (SSSR count). The van der Waals surface area contributed by atoms with Gasteiger partial charge >= 0.3 is 0 Å². The van der Waals surface area contributed by atoms with Gasteiger partial charge in [-0.25, -0.2) is 4.68 Å². The normalized spacial score (nSPS) is 10.2. The maximum atomic E-state index is 11.6. The highest BCUT2D eigenvalue weighted by molar-refractivity contribution is 5.77. The number of aromatic nitrogens is 2. The van der Waals surface area contributed by atoms with Gasteiger partial charge in [0, 0.05) is 12.6 Å². The van der Waals surface area contributed by atoms with Crippen molar-refractivity contribution in [1.29, 1.82) is 0 Å². The first-order chi connectivity index (χ1) is 9.15. The van der Waals surface area contributed by atoms with E-state index in [4.69, 9.17) is 4.74 Å². The molecule has 0 bridgehead atoms. The van der Waals surface area contributed by atoms with E-state index < -0.39 is 5.56 Å². The Labute approximate surface area is 110 Å². The van der Waals surface area contributed by atoms with Crippen LogP contribution in [0.25, 0.3) is 11.3 Å². The highest BCUT2D eigenvalue weighted by atomic mass is 16.5. The summed E-state index contributed by atoms with van der Waals surface area (Å²) in [5.74, 6) is 0.725. The molecule has 1 heterocycles. The van der Waals surface area contributed by atoms with Crippen molar-refractivity contribution in [3.05, 3.63) is 46.2 Å². The molecule has 0 saturated heterocycles. The second kappa shape index (κ2) is 5.48. The fourth-order valence-corrected chi connectivity index (χ4v) is 1.77. The summed E-state index contributed by atoms with van der Waals surface area (Å²) in [6.45, 7) is 2.48. The minimum absolute atomic E-state index is 0.0920. The Balaban J connectivity index is 2.52. The highest BCUT2D eigenvalue weighted by Crippen LogP contribution is 2.21. The van der Waals surface area contributed by atoms with Gasteiger partial charge < -0.3 is 4.74 Å². The van der Waals surface area contributed by atoms with Gasteiger partial charge in [-0.15, -0.1) is 0 Å². The van der Waals surface area contributed by atoms with Crippen LogP contribution in [0.15, 0.2) is 35.1 Å². The molecule has 98 valence electrons. The Morgan fingerprint density at radius 2 is 2.16 bits per heavy atom. The number of ether oxygens (including phenoxy) is 1. The molecule has 0 saturated carbocycles. The molecule has 0 N–H and O–H groups in total. The van der Waals surface area contributed by atoms with Crippen LogP contribution in [0, 0.1) is 0 Å². The standard InChI is InChI=1S/C14H14N2O3/c1-3-19-12-6-4-5-10(7-12)13-8-11(9-17)14(18)16(2)15-13/h4-9H,3H2,1-2H3. The van der Waals surface area contributed by atoms with Gasteiger partial charge in [0.2, 0.25) is 0 Å². The molecule has 0 radical (unpaired) electrons. The number of benzene rings is 1. The summed E-state index contributed by atoms with van der Waals surface area (Å²) in [4.78, 5) is 22.5. The third-order valence-corrected chi connectivity index (χ3v) is 2.66. The molecule has 1 aromatic heterocycles. The van der Waals surface area contributed by atoms with E-state index in [0.717, 1.165) is 16.0 Å². The number of nitrogens with zero attached hydrogens (tertiary/aromatic N) is 2. The van der Waals surface area contributed by atoms with Crippen LogP contribution < -0.4 is 10.3 Å². The molecule has 19 heavy (non-hydrogen) atoms. The number of aryl methyl sites for hydroxylation is 1. The van der Waals surface area contributed by atoms with Crippen molar-refractivity contribution in [3.8, 4) is 17.0 Å². The van der Waals surface area contributed by atoms with Crippen molar-refractivity contribution in [2.75, 3.05) is 6.61 Å². The van der Waals surface area contributed by atoms with Gasteiger partial charge in [0.05, 0.1) is 17.9 Å². The Bertz CT molecular complexity index is 662. The molecule has 0 aliphatic heterocycles. The van der Waals surface area contributed by atoms with E-state index in [1.54, 1.807) is 0 Å². The SMILES string of the molecule is CCOc1cccc(-c2cc(C=O)c(=O)n(C)n2)c1. The first kappa shape index (κ1) is 13.0. The molecule has 0 unspecified atom stereocenters. The number of carbonyl (C=O) groups is 1. The second-order valence-corrected chi connectivity index (χ2v) is 3.99. The molecule has 0 aliphatic rings. The van der Waals surface area contributed by atoms with E-state index in [-0.39, 0.29) is 5.56 Å². The fraction of sp³-hybridized carbons (Fsp3) is 0.214. The summed E-state index contributed by atoms with van der Waals surface area (Å²) in [6.07, 6.45) is 0.542. The van der Waals surface area contributed by atoms with E-state index in [2.05, 4.69) is 5.10 Å². The highest BCUT2D eigenvalue weighted by Gasteiger charge is 2.08. The summed E-state index contributed by atoms with van der Waals surface area (Å²) in [5.41, 5.74) is 1.05. The predicted octanol–water partition coefficient (Wildman–Crippen LogP) is 1.66. The number of hydrogen-bond donors (Lipinski definition) is 0. The maximum Gasteiger partial charge on any atom is 0.277 e.